The van der Waals surface area contributed by atoms with E-state index in [4.69, 9.17) is 28.4 Å². The van der Waals surface area contributed by atoms with Crippen LogP contribution in [0.15, 0.2) is 340 Å². The molecule has 6 unspecified atom stereocenters. The summed E-state index contributed by atoms with van der Waals surface area (Å²) in [5.41, 5.74) is 17.4. The van der Waals surface area contributed by atoms with Gasteiger partial charge in [-0.15, -0.1) is 0 Å². The fourth-order valence-corrected chi connectivity index (χ4v) is 22.6. The van der Waals surface area contributed by atoms with Crippen LogP contribution in [0.2, 0.25) is 0 Å². The molecule has 0 aliphatic rings. The molecule has 0 heterocycles. The third kappa shape index (κ3) is 33.2. The van der Waals surface area contributed by atoms with E-state index in [-0.39, 0.29) is 31.6 Å². The summed E-state index contributed by atoms with van der Waals surface area (Å²) >= 11 is 0. The third-order valence-corrected chi connectivity index (χ3v) is 31.9. The van der Waals surface area contributed by atoms with Crippen molar-refractivity contribution in [3.05, 3.63) is 407 Å². The number of hydrogen-bond acceptors (Lipinski definition) is 18. The van der Waals surface area contributed by atoms with Gasteiger partial charge in [-0.3, -0.25) is 0 Å². The van der Waals surface area contributed by atoms with Crippen LogP contribution >= 0.6 is 51.5 Å². The van der Waals surface area contributed by atoms with E-state index in [9.17, 15) is 35.0 Å². The van der Waals surface area contributed by atoms with Crippen LogP contribution in [-0.2, 0) is 39.3 Å². The highest BCUT2D eigenvalue weighted by Gasteiger charge is 2.20. The molecule has 12 N–H and O–H groups in total. The Morgan fingerprint density at radius 2 is 0.577 bits per heavy atom. The summed E-state index contributed by atoms with van der Waals surface area (Å²) in [6, 6.07) is 110. The summed E-state index contributed by atoms with van der Waals surface area (Å²) in [5.74, 6) is 4.62. The smallest absolute Gasteiger partial charge is 0.165 e. The monoisotopic (exact) mass is 2010 g/mol. The van der Waals surface area contributed by atoms with Crippen molar-refractivity contribution >= 4 is 138 Å². The lowest BCUT2D eigenvalue weighted by Gasteiger charge is -2.16. The molecule has 0 saturated carbocycles. The van der Waals surface area contributed by atoms with Gasteiger partial charge in [-0.05, 0) is 238 Å². The van der Waals surface area contributed by atoms with Gasteiger partial charge in [-0.25, -0.2) is 4.39 Å². The maximum atomic E-state index is 13.8. The van der Waals surface area contributed by atoms with Gasteiger partial charge in [0.15, 0.2) is 34.5 Å². The first-order valence-electron chi connectivity index (χ1n) is 46.6. The minimum Gasteiger partial charge on any atom is -0.507 e. The van der Waals surface area contributed by atoms with Crippen molar-refractivity contribution in [1.82, 2.24) is 10.6 Å². The molecule has 6 atom stereocenters. The van der Waals surface area contributed by atoms with Gasteiger partial charge in [0.1, 0.15) is 40.3 Å². The molecular formula is C117H129FN6O12P6. The van der Waals surface area contributed by atoms with Crippen LogP contribution < -0.4 is 124 Å². The second-order valence-electron chi connectivity index (χ2n) is 32.8. The Labute approximate surface area is 846 Å². The summed E-state index contributed by atoms with van der Waals surface area (Å²) in [6.45, 7) is 21.1. The standard InChI is InChI=1S/C21H21FNO3P.C21H22NO3P.2C21H22NO2P.C17H22NOP.C16H20NOP/c1-25-17-11-18(26-2)21(24)20(12-17)27-19-9-8-15(22)10-14(19)13-23-16-6-4-3-5-7-16;1-24-17-12-18(25-2)21(23)20(13-17)26-19-11-7-6-8-15(19)14-22-16-9-4-3-5-10-16;1-15-8-6-9-16(14-22-17-10-4-3-5-11-17)21(15)25-19-13-7-12-18(24-2)20(19)23;1-15-8-11-20(25-21-13-18(24-2)9-10-19(21)23)16(12-15)14-22-17-6-4-3-5-7-17;1-4-18-11-14-9-5-8-13(3)17(14)20-15-10-6-7-12(2)16(15)19;1-3-17-11-13-8-6-7-12(2)16(13)19-15-10-5-4-9-14(15)18/h3-12,23-24,27H,13H2,1-2H3;3-13,22-23,26H,14H2,1-2H3;2*3-13,22-23,25H,14H2,1-2H3;5-10,18-20H,4,11H2,1-3H3;4-10,17-19H,3,11H2,1-2H3. The van der Waals surface area contributed by atoms with Crippen molar-refractivity contribution in [1.29, 1.82) is 0 Å². The zero-order valence-electron chi connectivity index (χ0n) is 82.5. The molecule has 16 rings (SSSR count). The SMILES string of the molecule is CCNCc1cccc(C)c1Pc1cccc(C)c1O.CCNCc1cccc(C)c1Pc1ccccc1O.COc1cc(OC)c(O)c(Pc2ccc(F)cc2CNc2ccccc2)c1.COc1cc(OC)c(O)c(Pc2ccccc2CNc2ccccc2)c1.COc1ccc(O)c(Pc2ccc(C)cc2CNc2ccccc2)c1.COc1cccc(Pc2c(C)cccc2CNc2ccccc2)c1O. The van der Waals surface area contributed by atoms with Crippen molar-refractivity contribution in [2.45, 2.75) is 87.7 Å². The Morgan fingerprint density at radius 3 is 1.04 bits per heavy atom. The van der Waals surface area contributed by atoms with E-state index in [2.05, 4.69) is 183 Å². The number of ether oxygens (including phenoxy) is 6. The summed E-state index contributed by atoms with van der Waals surface area (Å²) in [7, 11) is 11.6. The number of rotatable bonds is 36. The van der Waals surface area contributed by atoms with Gasteiger partial charge in [0.2, 0.25) is 0 Å². The summed E-state index contributed by atoms with van der Waals surface area (Å²) in [5, 5.41) is 94.7. The van der Waals surface area contributed by atoms with E-state index in [1.165, 1.54) is 95.8 Å². The van der Waals surface area contributed by atoms with Crippen LogP contribution in [0.25, 0.3) is 0 Å². The average Bonchev–Trinajstić information content (AvgIpc) is 0.824. The Balaban J connectivity index is 0.000000163. The number of halogens is 1. The molecule has 0 fully saturated rings. The lowest BCUT2D eigenvalue weighted by atomic mass is 10.1. The van der Waals surface area contributed by atoms with Crippen LogP contribution in [-0.4, -0.2) is 86.4 Å². The van der Waals surface area contributed by atoms with Crippen molar-refractivity contribution in [2.24, 2.45) is 0 Å². The van der Waals surface area contributed by atoms with Gasteiger partial charge < -0.3 is 91.0 Å². The molecule has 16 aromatic rings. The molecule has 18 nitrogen and oxygen atoms in total. The molecule has 0 aliphatic carbocycles. The quantitative estimate of drug-likeness (QED) is 0.0163. The maximum Gasteiger partial charge on any atom is 0.165 e. The number of nitrogens with one attached hydrogen (secondary N) is 6. The van der Waals surface area contributed by atoms with Crippen LogP contribution in [0, 0.1) is 40.4 Å². The van der Waals surface area contributed by atoms with Gasteiger partial charge in [-0.2, -0.15) is 0 Å². The second-order valence-corrected chi connectivity index (χ2v) is 40.7. The number of aromatic hydroxyl groups is 6. The lowest BCUT2D eigenvalue weighted by molar-refractivity contribution is 0.366. The molecule has 0 spiro atoms. The van der Waals surface area contributed by atoms with Crippen molar-refractivity contribution in [3.63, 3.8) is 0 Å². The first kappa shape index (κ1) is 109. The van der Waals surface area contributed by atoms with E-state index < -0.39 is 0 Å². The van der Waals surface area contributed by atoms with E-state index in [1.54, 1.807) is 84.1 Å². The number of anilines is 4. The topological polar surface area (TPSA) is 249 Å². The van der Waals surface area contributed by atoms with Crippen molar-refractivity contribution in [2.75, 3.05) is 77.0 Å². The molecule has 0 bridgehead atoms. The zero-order valence-corrected chi connectivity index (χ0v) is 88.5. The Hall–Kier alpha value is -13.3. The van der Waals surface area contributed by atoms with Crippen LogP contribution in [0.1, 0.15) is 75.0 Å². The number of phenols is 6. The molecule has 0 amide bonds. The van der Waals surface area contributed by atoms with E-state index in [0.717, 1.165) is 117 Å². The van der Waals surface area contributed by atoms with Gasteiger partial charge in [-0.1, -0.05) is 295 Å². The summed E-state index contributed by atoms with van der Waals surface area (Å²) in [4.78, 5) is 0. The minimum atomic E-state index is -0.291. The predicted molar refractivity (Wildman–Crippen MR) is 606 cm³/mol. The molecule has 736 valence electrons. The molecule has 0 aliphatic heterocycles. The van der Waals surface area contributed by atoms with Gasteiger partial charge >= 0.3 is 0 Å². The maximum absolute atomic E-state index is 13.8. The average molecular weight is 2020 g/mol. The fraction of sp³-hybridized carbons (Fsp3) is 0.179. The van der Waals surface area contributed by atoms with E-state index in [1.807, 2.05) is 177 Å². The number of hydrogen-bond donors (Lipinski definition) is 12. The second kappa shape index (κ2) is 57.6. The molecule has 0 saturated heterocycles. The largest absolute Gasteiger partial charge is 0.507 e. The predicted octanol–water partition coefficient (Wildman–Crippen LogP) is 20.5. The Kier molecular flexibility index (Phi) is 44.3. The highest BCUT2D eigenvalue weighted by Crippen LogP contribution is 2.37. The summed E-state index contributed by atoms with van der Waals surface area (Å²) < 4.78 is 45.4. The van der Waals surface area contributed by atoms with Crippen molar-refractivity contribution in [3.8, 4) is 69.0 Å². The minimum absolute atomic E-state index is 0.0722. The number of aryl methyl sites for hydroxylation is 5. The number of para-hydroxylation sites is 7. The Bertz CT molecular complexity index is 6640. The van der Waals surface area contributed by atoms with Crippen LogP contribution in [0.4, 0.5) is 27.1 Å². The van der Waals surface area contributed by atoms with Gasteiger partial charge in [0.25, 0.3) is 0 Å². The zero-order chi connectivity index (χ0) is 101. The molecule has 0 radical (unpaired) electrons. The Morgan fingerprint density at radius 1 is 0.239 bits per heavy atom. The molecule has 142 heavy (non-hydrogen) atoms. The first-order valence-corrected chi connectivity index (χ1v) is 52.6. The molecule has 0 aromatic heterocycles. The highest BCUT2D eigenvalue weighted by atomic mass is 31.1. The number of methoxy groups -OCH3 is 6. The van der Waals surface area contributed by atoms with E-state index in [0.29, 0.717) is 101 Å². The van der Waals surface area contributed by atoms with Crippen LogP contribution in [0.5, 0.6) is 69.0 Å². The summed E-state index contributed by atoms with van der Waals surface area (Å²) in [6.07, 6.45) is 0. The number of phenolic OH excluding ortho intramolecular Hbond substituents is 6. The third-order valence-electron chi connectivity index (χ3n) is 22.7. The molecule has 25 heteroatoms. The van der Waals surface area contributed by atoms with E-state index >= 15 is 0 Å². The van der Waals surface area contributed by atoms with Gasteiger partial charge in [0.05, 0.1) is 42.7 Å². The van der Waals surface area contributed by atoms with Crippen LogP contribution in [0.3, 0.4) is 0 Å². The van der Waals surface area contributed by atoms with Crippen molar-refractivity contribution < 1.29 is 63.5 Å². The fourth-order valence-electron chi connectivity index (χ4n) is 14.9. The molecule has 16 aromatic carbocycles. The normalized spacial score (nSPS) is 11.0. The number of benzene rings is 16. The lowest BCUT2D eigenvalue weighted by Crippen LogP contribution is -2.20. The molecular weight excluding hydrogens is 1890 g/mol. The van der Waals surface area contributed by atoms with Gasteiger partial charge in [0, 0.05) is 106 Å². The first-order chi connectivity index (χ1) is 69.0. The highest BCUT2D eigenvalue weighted by molar-refractivity contribution is 7.57.